The second-order valence-electron chi connectivity index (χ2n) is 4.83. The summed E-state index contributed by atoms with van der Waals surface area (Å²) in [7, 11) is 0. The Labute approximate surface area is 107 Å². The number of nitrogens with zero attached hydrogens (tertiary/aromatic N) is 1. The van der Waals surface area contributed by atoms with Crippen molar-refractivity contribution in [2.45, 2.75) is 45.3 Å². The molecular weight excluding hydrogens is 236 g/mol. The smallest absolute Gasteiger partial charge is 0.232 e. The second kappa shape index (κ2) is 5.69. The molecule has 1 aromatic rings. The van der Waals surface area contributed by atoms with Gasteiger partial charge in [0.1, 0.15) is 11.1 Å². The molecule has 0 amide bonds. The normalized spacial score (nSPS) is 24.6. The van der Waals surface area contributed by atoms with Gasteiger partial charge in [-0.2, -0.15) is 0 Å². The van der Waals surface area contributed by atoms with E-state index in [-0.39, 0.29) is 6.10 Å². The first kappa shape index (κ1) is 12.7. The molecule has 0 atom stereocenters. The molecule has 1 fully saturated rings. The first-order valence-electron chi connectivity index (χ1n) is 6.20. The highest BCUT2D eigenvalue weighted by Crippen LogP contribution is 2.29. The van der Waals surface area contributed by atoms with Gasteiger partial charge >= 0.3 is 0 Å². The van der Waals surface area contributed by atoms with Gasteiger partial charge in [-0.05, 0) is 43.2 Å². The summed E-state index contributed by atoms with van der Waals surface area (Å²) >= 11 is 6.11. The van der Waals surface area contributed by atoms with Gasteiger partial charge in [0.25, 0.3) is 0 Å². The van der Waals surface area contributed by atoms with Gasteiger partial charge in [-0.1, -0.05) is 18.5 Å². The summed E-state index contributed by atoms with van der Waals surface area (Å²) < 4.78 is 5.85. The topological polar surface area (TPSA) is 48.1 Å². The Morgan fingerprint density at radius 2 is 2.12 bits per heavy atom. The Balaban J connectivity index is 1.99. The van der Waals surface area contributed by atoms with E-state index in [1.807, 2.05) is 6.07 Å². The van der Waals surface area contributed by atoms with Gasteiger partial charge in [-0.3, -0.25) is 0 Å². The van der Waals surface area contributed by atoms with Crippen molar-refractivity contribution < 1.29 is 4.74 Å². The molecule has 1 aromatic heterocycles. The Morgan fingerprint density at radius 3 is 2.71 bits per heavy atom. The predicted octanol–water partition coefficient (Wildman–Crippen LogP) is 3.15. The molecule has 4 heteroatoms. The van der Waals surface area contributed by atoms with Crippen LogP contribution in [0.4, 0.5) is 0 Å². The van der Waals surface area contributed by atoms with E-state index in [1.165, 1.54) is 12.8 Å². The minimum absolute atomic E-state index is 0.264. The molecule has 1 saturated carbocycles. The maximum atomic E-state index is 6.11. The van der Waals surface area contributed by atoms with Crippen LogP contribution in [0.15, 0.2) is 12.3 Å². The molecule has 3 nitrogen and oxygen atoms in total. The number of aromatic nitrogens is 1. The molecule has 0 radical (unpaired) electrons. The Bertz CT molecular complexity index is 376. The molecule has 17 heavy (non-hydrogen) atoms. The van der Waals surface area contributed by atoms with Crippen molar-refractivity contribution >= 4 is 11.6 Å². The summed E-state index contributed by atoms with van der Waals surface area (Å²) in [4.78, 5) is 4.23. The van der Waals surface area contributed by atoms with E-state index in [1.54, 1.807) is 6.20 Å². The zero-order valence-electron chi connectivity index (χ0n) is 10.2. The number of pyridine rings is 1. The molecule has 94 valence electrons. The van der Waals surface area contributed by atoms with Crippen molar-refractivity contribution in [2.24, 2.45) is 11.7 Å². The van der Waals surface area contributed by atoms with Crippen LogP contribution in [0, 0.1) is 5.92 Å². The lowest BCUT2D eigenvalue weighted by atomic mass is 9.89. The number of hydrogen-bond acceptors (Lipinski definition) is 3. The maximum absolute atomic E-state index is 6.11. The first-order valence-corrected chi connectivity index (χ1v) is 6.58. The summed E-state index contributed by atoms with van der Waals surface area (Å²) in [5.74, 6) is 1.36. The lowest BCUT2D eigenvalue weighted by Crippen LogP contribution is -2.23. The van der Waals surface area contributed by atoms with Crippen LogP contribution < -0.4 is 10.5 Å². The minimum Gasteiger partial charge on any atom is -0.473 e. The van der Waals surface area contributed by atoms with E-state index in [2.05, 4.69) is 11.9 Å². The fourth-order valence-corrected chi connectivity index (χ4v) is 2.40. The average molecular weight is 255 g/mol. The van der Waals surface area contributed by atoms with E-state index < -0.39 is 0 Å². The number of ether oxygens (including phenoxy) is 1. The molecular formula is C13H19ClN2O. The third-order valence-corrected chi connectivity index (χ3v) is 3.61. The van der Waals surface area contributed by atoms with Crippen molar-refractivity contribution in [3.63, 3.8) is 0 Å². The summed E-state index contributed by atoms with van der Waals surface area (Å²) in [5, 5.41) is 0.562. The third-order valence-electron chi connectivity index (χ3n) is 3.34. The molecule has 0 aliphatic heterocycles. The van der Waals surface area contributed by atoms with Gasteiger partial charge < -0.3 is 10.5 Å². The number of hydrogen-bond donors (Lipinski definition) is 1. The first-order chi connectivity index (χ1) is 8.19. The van der Waals surface area contributed by atoms with Crippen LogP contribution in [0.3, 0.4) is 0 Å². The van der Waals surface area contributed by atoms with E-state index in [0.29, 0.717) is 17.4 Å². The van der Waals surface area contributed by atoms with Crippen LogP contribution in [0.1, 0.15) is 38.2 Å². The molecule has 2 rings (SSSR count). The van der Waals surface area contributed by atoms with Crippen molar-refractivity contribution in [3.05, 3.63) is 22.8 Å². The van der Waals surface area contributed by atoms with Gasteiger partial charge in [-0.15, -0.1) is 0 Å². The Hall–Kier alpha value is -0.800. The standard InChI is InChI=1S/C13H19ClN2O/c1-9-2-4-11(5-3-9)17-13-12(14)6-10(7-15)8-16-13/h6,8-9,11H,2-5,7,15H2,1H3. The van der Waals surface area contributed by atoms with Crippen LogP contribution >= 0.6 is 11.6 Å². The van der Waals surface area contributed by atoms with Crippen LogP contribution in [-0.2, 0) is 6.54 Å². The van der Waals surface area contributed by atoms with Crippen molar-refractivity contribution in [1.82, 2.24) is 4.98 Å². The van der Waals surface area contributed by atoms with Crippen molar-refractivity contribution in [2.75, 3.05) is 0 Å². The molecule has 1 aliphatic rings. The predicted molar refractivity (Wildman–Crippen MR) is 69.2 cm³/mol. The van der Waals surface area contributed by atoms with Gasteiger partial charge in [0.05, 0.1) is 0 Å². The Kier molecular flexibility index (Phi) is 4.24. The van der Waals surface area contributed by atoms with Crippen molar-refractivity contribution in [1.29, 1.82) is 0 Å². The van der Waals surface area contributed by atoms with Gasteiger partial charge in [-0.25, -0.2) is 4.98 Å². The fraction of sp³-hybridized carbons (Fsp3) is 0.615. The highest BCUT2D eigenvalue weighted by molar-refractivity contribution is 6.31. The molecule has 0 unspecified atom stereocenters. The van der Waals surface area contributed by atoms with Gasteiger partial charge in [0.15, 0.2) is 0 Å². The molecule has 1 heterocycles. The highest BCUT2D eigenvalue weighted by Gasteiger charge is 2.20. The lowest BCUT2D eigenvalue weighted by Gasteiger charge is -2.26. The molecule has 0 aromatic carbocycles. The zero-order valence-corrected chi connectivity index (χ0v) is 10.9. The molecule has 0 spiro atoms. The van der Waals surface area contributed by atoms with Crippen LogP contribution in [0.25, 0.3) is 0 Å². The Morgan fingerprint density at radius 1 is 1.41 bits per heavy atom. The molecule has 1 aliphatic carbocycles. The quantitative estimate of drug-likeness (QED) is 0.902. The summed E-state index contributed by atoms with van der Waals surface area (Å²) in [6, 6.07) is 1.83. The number of halogens is 1. The zero-order chi connectivity index (χ0) is 12.3. The lowest BCUT2D eigenvalue weighted by molar-refractivity contribution is 0.130. The average Bonchev–Trinajstić information content (AvgIpc) is 2.34. The van der Waals surface area contributed by atoms with E-state index in [9.17, 15) is 0 Å². The largest absolute Gasteiger partial charge is 0.473 e. The number of nitrogens with two attached hydrogens (primary N) is 1. The van der Waals surface area contributed by atoms with E-state index in [0.717, 1.165) is 24.3 Å². The highest BCUT2D eigenvalue weighted by atomic mass is 35.5. The molecule has 0 saturated heterocycles. The minimum atomic E-state index is 0.264. The SMILES string of the molecule is CC1CCC(Oc2ncc(CN)cc2Cl)CC1. The molecule has 0 bridgehead atoms. The van der Waals surface area contributed by atoms with E-state index >= 15 is 0 Å². The summed E-state index contributed by atoms with van der Waals surface area (Å²) in [6.07, 6.45) is 6.63. The van der Waals surface area contributed by atoms with Crippen LogP contribution in [0.2, 0.25) is 5.02 Å². The monoisotopic (exact) mass is 254 g/mol. The van der Waals surface area contributed by atoms with Gasteiger partial charge in [0.2, 0.25) is 5.88 Å². The number of rotatable bonds is 3. The summed E-state index contributed by atoms with van der Waals surface area (Å²) in [6.45, 7) is 2.74. The van der Waals surface area contributed by atoms with Crippen molar-refractivity contribution in [3.8, 4) is 5.88 Å². The fourth-order valence-electron chi connectivity index (χ4n) is 2.17. The van der Waals surface area contributed by atoms with Gasteiger partial charge in [0, 0.05) is 12.7 Å². The van der Waals surface area contributed by atoms with Crippen LogP contribution in [-0.4, -0.2) is 11.1 Å². The molecule has 2 N–H and O–H groups in total. The summed E-state index contributed by atoms with van der Waals surface area (Å²) in [5.41, 5.74) is 6.46. The van der Waals surface area contributed by atoms with E-state index in [4.69, 9.17) is 22.1 Å². The second-order valence-corrected chi connectivity index (χ2v) is 5.24. The maximum Gasteiger partial charge on any atom is 0.232 e. The third kappa shape index (κ3) is 3.33. The van der Waals surface area contributed by atoms with Crippen LogP contribution in [0.5, 0.6) is 5.88 Å².